The zero-order valence-corrected chi connectivity index (χ0v) is 21.0. The Labute approximate surface area is 223 Å². The van der Waals surface area contributed by atoms with E-state index in [1.54, 1.807) is 24.4 Å². The van der Waals surface area contributed by atoms with Gasteiger partial charge in [0, 0.05) is 30.7 Å². The molecule has 1 atom stereocenters. The van der Waals surface area contributed by atoms with Crippen molar-refractivity contribution in [3.63, 3.8) is 0 Å². The number of hydrazine groups is 2. The molecule has 0 saturated carbocycles. The Morgan fingerprint density at radius 2 is 1.92 bits per heavy atom. The molecule has 2 amide bonds. The van der Waals surface area contributed by atoms with Crippen molar-refractivity contribution in [1.82, 2.24) is 41.5 Å². The first-order chi connectivity index (χ1) is 18.7. The Morgan fingerprint density at radius 1 is 1.10 bits per heavy atom. The standard InChI is InChI=1S/C23H23F4N9O2S/c24-15(4-5-20-33-34-22(39-20)31-19(37)10-16-3-1-2-7-28-16)12-36-13-18(32-35-36)21(38)30-11-17-9-14(6-8-29-17)23(25,26)27/h1-3,6-9,13,15,32,35H,4-5,10-12H2,(H,30,38)(H,31,34,37). The van der Waals surface area contributed by atoms with Crippen LogP contribution in [0.2, 0.25) is 0 Å². The van der Waals surface area contributed by atoms with E-state index in [0.717, 1.165) is 29.7 Å². The van der Waals surface area contributed by atoms with Crippen molar-refractivity contribution in [2.24, 2.45) is 0 Å². The number of carbonyl (C=O) groups excluding carboxylic acids is 2. The van der Waals surface area contributed by atoms with E-state index in [4.69, 9.17) is 0 Å². The molecule has 11 nitrogen and oxygen atoms in total. The summed E-state index contributed by atoms with van der Waals surface area (Å²) in [5, 5.41) is 15.2. The van der Waals surface area contributed by atoms with Crippen LogP contribution in [0.25, 0.3) is 0 Å². The van der Waals surface area contributed by atoms with Crippen LogP contribution in [0, 0.1) is 0 Å². The van der Waals surface area contributed by atoms with E-state index in [0.29, 0.717) is 15.8 Å². The van der Waals surface area contributed by atoms with Gasteiger partial charge in [0.25, 0.3) is 5.91 Å². The molecule has 206 valence electrons. The monoisotopic (exact) mass is 565 g/mol. The zero-order chi connectivity index (χ0) is 27.8. The maximum absolute atomic E-state index is 14.6. The van der Waals surface area contributed by atoms with Crippen LogP contribution < -0.4 is 21.6 Å². The third-order valence-electron chi connectivity index (χ3n) is 5.28. The summed E-state index contributed by atoms with van der Waals surface area (Å²) in [7, 11) is 0. The first-order valence-corrected chi connectivity index (χ1v) is 12.4. The van der Waals surface area contributed by atoms with Crippen molar-refractivity contribution in [2.45, 2.75) is 38.2 Å². The van der Waals surface area contributed by atoms with Crippen LogP contribution in [0.15, 0.2) is 54.6 Å². The highest BCUT2D eigenvalue weighted by Gasteiger charge is 2.30. The number of hydrogen-bond donors (Lipinski definition) is 4. The highest BCUT2D eigenvalue weighted by molar-refractivity contribution is 7.15. The van der Waals surface area contributed by atoms with Crippen LogP contribution in [-0.4, -0.2) is 49.7 Å². The molecule has 4 N–H and O–H groups in total. The highest BCUT2D eigenvalue weighted by Crippen LogP contribution is 2.29. The fourth-order valence-electron chi connectivity index (χ4n) is 3.40. The van der Waals surface area contributed by atoms with Crippen molar-refractivity contribution in [3.8, 4) is 0 Å². The Balaban J connectivity index is 1.18. The second-order valence-corrected chi connectivity index (χ2v) is 9.39. The summed E-state index contributed by atoms with van der Waals surface area (Å²) in [6, 6.07) is 6.97. The number of aromatic nitrogens is 4. The predicted octanol–water partition coefficient (Wildman–Crippen LogP) is 2.28. The van der Waals surface area contributed by atoms with Gasteiger partial charge in [-0.2, -0.15) is 13.2 Å². The minimum absolute atomic E-state index is 0.0398. The lowest BCUT2D eigenvalue weighted by atomic mass is 10.2. The second-order valence-electron chi connectivity index (χ2n) is 8.33. The van der Waals surface area contributed by atoms with Gasteiger partial charge >= 0.3 is 6.18 Å². The average molecular weight is 566 g/mol. The van der Waals surface area contributed by atoms with E-state index in [1.165, 1.54) is 11.2 Å². The third-order valence-corrected chi connectivity index (χ3v) is 6.18. The van der Waals surface area contributed by atoms with E-state index >= 15 is 0 Å². The van der Waals surface area contributed by atoms with E-state index in [-0.39, 0.29) is 49.7 Å². The molecule has 39 heavy (non-hydrogen) atoms. The molecule has 4 heterocycles. The van der Waals surface area contributed by atoms with Crippen LogP contribution in [0.3, 0.4) is 0 Å². The van der Waals surface area contributed by atoms with E-state index in [1.807, 2.05) is 0 Å². The topological polar surface area (TPSA) is 137 Å². The Hall–Kier alpha value is -4.18. The summed E-state index contributed by atoms with van der Waals surface area (Å²) in [6.07, 6.45) is -1.35. The molecule has 0 fully saturated rings. The number of halogens is 4. The lowest BCUT2D eigenvalue weighted by Gasteiger charge is -2.17. The molecule has 16 heteroatoms. The van der Waals surface area contributed by atoms with Crippen molar-refractivity contribution in [2.75, 3.05) is 11.9 Å². The summed E-state index contributed by atoms with van der Waals surface area (Å²) in [4.78, 5) is 32.4. The van der Waals surface area contributed by atoms with Gasteiger partial charge < -0.3 is 10.6 Å². The van der Waals surface area contributed by atoms with Crippen molar-refractivity contribution in [3.05, 3.63) is 76.6 Å². The Morgan fingerprint density at radius 3 is 2.69 bits per heavy atom. The van der Waals surface area contributed by atoms with Crippen LogP contribution in [-0.2, 0) is 35.2 Å². The first-order valence-electron chi connectivity index (χ1n) is 11.6. The smallest absolute Gasteiger partial charge is 0.345 e. The summed E-state index contributed by atoms with van der Waals surface area (Å²) >= 11 is 1.15. The van der Waals surface area contributed by atoms with Gasteiger partial charge in [-0.1, -0.05) is 17.4 Å². The first kappa shape index (κ1) is 27.8. The van der Waals surface area contributed by atoms with Crippen LogP contribution in [0.1, 0.15) is 28.4 Å². The van der Waals surface area contributed by atoms with E-state index < -0.39 is 23.8 Å². The van der Waals surface area contributed by atoms with Crippen LogP contribution >= 0.6 is 11.3 Å². The van der Waals surface area contributed by atoms with Crippen molar-refractivity contribution in [1.29, 1.82) is 0 Å². The number of carbonyl (C=O) groups is 2. The van der Waals surface area contributed by atoms with Crippen LogP contribution in [0.5, 0.6) is 0 Å². The molecule has 1 unspecified atom stereocenters. The van der Waals surface area contributed by atoms with Gasteiger partial charge in [0.1, 0.15) is 16.9 Å². The summed E-state index contributed by atoms with van der Waals surface area (Å²) in [6.45, 7) is -0.313. The average Bonchev–Trinajstić information content (AvgIpc) is 3.56. The number of rotatable bonds is 11. The molecule has 0 bridgehead atoms. The van der Waals surface area contributed by atoms with Gasteiger partial charge in [-0.05, 0) is 30.7 Å². The fraction of sp³-hybridized carbons (Fsp3) is 0.304. The number of nitrogens with zero attached hydrogens (tertiary/aromatic N) is 5. The fourth-order valence-corrected chi connectivity index (χ4v) is 4.18. The summed E-state index contributed by atoms with van der Waals surface area (Å²) < 4.78 is 53.0. The molecule has 3 aromatic rings. The molecular formula is C23H23F4N9O2S. The minimum Gasteiger partial charge on any atom is -0.345 e. The largest absolute Gasteiger partial charge is 0.416 e. The summed E-state index contributed by atoms with van der Waals surface area (Å²) in [5.74, 6) is -0.892. The number of nitrogens with one attached hydrogen (secondary N) is 4. The van der Waals surface area contributed by atoms with Gasteiger partial charge in [0.15, 0.2) is 0 Å². The number of anilines is 1. The molecule has 1 aliphatic heterocycles. The number of pyridine rings is 2. The van der Waals surface area contributed by atoms with Crippen molar-refractivity contribution < 1.29 is 27.2 Å². The lowest BCUT2D eigenvalue weighted by Crippen LogP contribution is -2.41. The molecule has 0 radical (unpaired) electrons. The van der Waals surface area contributed by atoms with Gasteiger partial charge in [0.2, 0.25) is 11.0 Å². The molecule has 0 aliphatic carbocycles. The quantitative estimate of drug-likeness (QED) is 0.258. The van der Waals surface area contributed by atoms with Crippen LogP contribution in [0.4, 0.5) is 22.7 Å². The second kappa shape index (κ2) is 12.6. The van der Waals surface area contributed by atoms with Gasteiger partial charge in [0.05, 0.1) is 30.8 Å². The molecular weight excluding hydrogens is 542 g/mol. The van der Waals surface area contributed by atoms with E-state index in [2.05, 4.69) is 41.8 Å². The van der Waals surface area contributed by atoms with Gasteiger partial charge in [-0.25, -0.2) is 4.39 Å². The van der Waals surface area contributed by atoms with Crippen molar-refractivity contribution >= 4 is 28.3 Å². The van der Waals surface area contributed by atoms with Gasteiger partial charge in [-0.3, -0.25) is 30.0 Å². The SMILES string of the molecule is O=C(Cc1ccccn1)Nc1nnc(CCC(F)CN2C=C(C(=O)NCc3cc(C(F)(F)F)ccn3)NN2)s1. The minimum atomic E-state index is -4.51. The Kier molecular flexibility index (Phi) is 8.98. The number of alkyl halides is 4. The molecule has 3 aromatic heterocycles. The lowest BCUT2D eigenvalue weighted by molar-refractivity contribution is -0.137. The molecule has 0 spiro atoms. The highest BCUT2D eigenvalue weighted by atomic mass is 32.1. The Bertz CT molecular complexity index is 1320. The van der Waals surface area contributed by atoms with E-state index in [9.17, 15) is 27.2 Å². The maximum Gasteiger partial charge on any atom is 0.416 e. The molecule has 0 saturated heterocycles. The number of hydrogen-bond acceptors (Lipinski definition) is 10. The normalized spacial score (nSPS) is 13.9. The predicted molar refractivity (Wildman–Crippen MR) is 132 cm³/mol. The number of amides is 2. The maximum atomic E-state index is 14.6. The summed E-state index contributed by atoms with van der Waals surface area (Å²) in [5.41, 5.74) is 5.08. The van der Waals surface area contributed by atoms with Gasteiger partial charge in [-0.15, -0.1) is 15.7 Å². The third kappa shape index (κ3) is 8.41. The number of aryl methyl sites for hydroxylation is 1. The molecule has 4 rings (SSSR count). The zero-order valence-electron chi connectivity index (χ0n) is 20.2. The molecule has 1 aliphatic rings. The molecule has 0 aromatic carbocycles.